The van der Waals surface area contributed by atoms with Crippen molar-refractivity contribution in [3.63, 3.8) is 0 Å². The van der Waals surface area contributed by atoms with Crippen LogP contribution in [0.25, 0.3) is 0 Å². The molecule has 0 aliphatic carbocycles. The van der Waals surface area contributed by atoms with Crippen LogP contribution in [0.1, 0.15) is 124 Å². The Morgan fingerprint density at radius 2 is 1.38 bits per heavy atom. The summed E-state index contributed by atoms with van der Waals surface area (Å²) in [7, 11) is 3.21. The van der Waals surface area contributed by atoms with E-state index in [1.54, 1.807) is 21.0 Å². The van der Waals surface area contributed by atoms with E-state index in [0.717, 1.165) is 63.4 Å². The van der Waals surface area contributed by atoms with Gasteiger partial charge in [-0.15, -0.1) is 4.99 Å². The molecule has 14 heteroatoms. The van der Waals surface area contributed by atoms with Crippen LogP contribution >= 0.6 is 0 Å². The van der Waals surface area contributed by atoms with Crippen LogP contribution in [0.5, 0.6) is 0 Å². The summed E-state index contributed by atoms with van der Waals surface area (Å²) in [5, 5.41) is 18.1. The van der Waals surface area contributed by atoms with Gasteiger partial charge in [0, 0.05) is 33.5 Å². The number of esters is 2. The standard InChI is InChI=1S/C23H31N3O5.C16H28N2O3.C2H6O.CH3/c1-23(2)15-11-6-4-5-10-14-19(27)24-21(26(3)16-20(28)31-23)25-22(29)30-17-18-12-8-7-9-13-18;1-16(2)10-8-6-4-5-7-9-13(19)11-14(17)18(3)12-15(20)21-16;1-2-3;/h4-5,7-9,12-13H,6,10-11,14-17H2,1-3H3,(H,24,25,27,29);17H,4-12H2,1-3H3;3H,2H2,1H3;1H3/q;;;-1/b5-4+;;;. The number of allylic oxidation sites excluding steroid dienone is 2. The molecule has 0 atom stereocenters. The molecule has 0 bridgehead atoms. The molecule has 2 aliphatic heterocycles. The minimum absolute atomic E-state index is 0. The number of rotatable bonds is 2. The van der Waals surface area contributed by atoms with Crippen LogP contribution in [-0.4, -0.2) is 101 Å². The highest BCUT2D eigenvalue weighted by Crippen LogP contribution is 2.21. The van der Waals surface area contributed by atoms with Gasteiger partial charge in [0.15, 0.2) is 0 Å². The molecule has 1 saturated heterocycles. The molecule has 2 heterocycles. The van der Waals surface area contributed by atoms with Gasteiger partial charge in [-0.25, -0.2) is 4.79 Å². The van der Waals surface area contributed by atoms with Crippen molar-refractivity contribution >= 4 is 41.5 Å². The molecule has 3 rings (SSSR count). The molecule has 2 amide bonds. The first-order chi connectivity index (χ1) is 26.0. The Kier molecular flexibility index (Phi) is 25.6. The van der Waals surface area contributed by atoms with Crippen molar-refractivity contribution in [3.8, 4) is 0 Å². The SMILES string of the molecule is CCO.CN1CC(=O)OC(C)(C)CCC/C=C/CCC(=O)NC1=NC(=O)OCc1ccccc1.CN1CC(=O)OC(C)(C)CCCCCCCC(=O)CC1=N.[CH3-]. The zero-order valence-corrected chi connectivity index (χ0v) is 35.1. The zero-order chi connectivity index (χ0) is 41.3. The molecule has 1 aromatic carbocycles. The van der Waals surface area contributed by atoms with Gasteiger partial charge in [0.2, 0.25) is 11.9 Å². The average molecular weight is 787 g/mol. The minimum atomic E-state index is -0.863. The fourth-order valence-corrected chi connectivity index (χ4v) is 5.48. The van der Waals surface area contributed by atoms with Crippen LogP contribution in [0.4, 0.5) is 4.79 Å². The number of aliphatic imine (C=N–C) groups is 1. The van der Waals surface area contributed by atoms with Gasteiger partial charge in [-0.1, -0.05) is 61.7 Å². The third-order valence-electron chi connectivity index (χ3n) is 8.44. The molecule has 0 radical (unpaired) electrons. The van der Waals surface area contributed by atoms with E-state index in [4.69, 9.17) is 24.7 Å². The second kappa shape index (κ2) is 27.9. The lowest BCUT2D eigenvalue weighted by Gasteiger charge is -2.27. The molecule has 0 aromatic heterocycles. The first-order valence-electron chi connectivity index (χ1n) is 19.3. The van der Waals surface area contributed by atoms with Crippen molar-refractivity contribution in [1.29, 1.82) is 5.41 Å². The fourth-order valence-electron chi connectivity index (χ4n) is 5.48. The maximum atomic E-state index is 12.4. The van der Waals surface area contributed by atoms with Crippen molar-refractivity contribution in [2.45, 2.75) is 136 Å². The molecule has 316 valence electrons. The third-order valence-corrected chi connectivity index (χ3v) is 8.44. The Balaban J connectivity index is 0.00000105. The number of benzene rings is 1. The first kappa shape index (κ1) is 51.4. The summed E-state index contributed by atoms with van der Waals surface area (Å²) in [4.78, 5) is 67.4. The predicted molar refractivity (Wildman–Crippen MR) is 219 cm³/mol. The van der Waals surface area contributed by atoms with Gasteiger partial charge in [0.1, 0.15) is 42.5 Å². The molecule has 1 fully saturated rings. The Labute approximate surface area is 334 Å². The number of ketones is 1. The van der Waals surface area contributed by atoms with E-state index in [9.17, 15) is 24.0 Å². The number of hydrogen-bond acceptors (Lipinski definition) is 10. The summed E-state index contributed by atoms with van der Waals surface area (Å²) in [5.74, 6) is -0.918. The second-order valence-corrected chi connectivity index (χ2v) is 14.9. The third kappa shape index (κ3) is 24.7. The number of aliphatic hydroxyl groups excluding tert-OH is 1. The van der Waals surface area contributed by atoms with E-state index in [1.807, 2.05) is 70.2 Å². The van der Waals surface area contributed by atoms with Gasteiger partial charge in [-0.3, -0.25) is 29.9 Å². The number of nitrogens with zero attached hydrogens (tertiary/aromatic N) is 3. The molecule has 3 N–H and O–H groups in total. The second-order valence-electron chi connectivity index (χ2n) is 14.9. The average Bonchev–Trinajstić information content (AvgIpc) is 3.09. The summed E-state index contributed by atoms with van der Waals surface area (Å²) < 4.78 is 16.2. The van der Waals surface area contributed by atoms with E-state index in [2.05, 4.69) is 10.3 Å². The number of hydrogen-bond donors (Lipinski definition) is 3. The quantitative estimate of drug-likeness (QED) is 0.122. The van der Waals surface area contributed by atoms with E-state index in [0.29, 0.717) is 12.8 Å². The lowest BCUT2D eigenvalue weighted by atomic mass is 9.99. The first-order valence-corrected chi connectivity index (χ1v) is 19.3. The van der Waals surface area contributed by atoms with Crippen molar-refractivity contribution in [1.82, 2.24) is 15.1 Å². The van der Waals surface area contributed by atoms with E-state index in [-0.39, 0.29) is 76.0 Å². The highest BCUT2D eigenvalue weighted by Gasteiger charge is 2.26. The Bertz CT molecular complexity index is 1430. The normalized spacial score (nSPS) is 20.5. The topological polar surface area (TPSA) is 188 Å². The van der Waals surface area contributed by atoms with Gasteiger partial charge in [0.25, 0.3) is 0 Å². The Hall–Kier alpha value is -4.59. The van der Waals surface area contributed by atoms with E-state index >= 15 is 0 Å². The number of Topliss-reactive ketones (excluding diaryl/α,β-unsaturated/α-hetero) is 1. The number of carbonyl (C=O) groups is 5. The van der Waals surface area contributed by atoms with Crippen molar-refractivity contribution in [2.24, 2.45) is 4.99 Å². The van der Waals surface area contributed by atoms with Crippen molar-refractivity contribution in [2.75, 3.05) is 33.8 Å². The van der Waals surface area contributed by atoms with Crippen LogP contribution in [-0.2, 0) is 40.0 Å². The molecule has 0 saturated carbocycles. The molecule has 2 aliphatic rings. The fraction of sp³-hybridized carbons (Fsp3) is 0.619. The maximum Gasteiger partial charge on any atom is 0.437 e. The van der Waals surface area contributed by atoms with Crippen molar-refractivity contribution < 1.29 is 43.3 Å². The largest absolute Gasteiger partial charge is 0.458 e. The summed E-state index contributed by atoms with van der Waals surface area (Å²) in [6.07, 6.45) is 13.0. The number of aliphatic hydroxyl groups is 1. The number of nitrogens with one attached hydrogen (secondary N) is 2. The number of amides is 2. The summed E-state index contributed by atoms with van der Waals surface area (Å²) in [6.45, 7) is 9.42. The number of guanidine groups is 1. The van der Waals surface area contributed by atoms with Crippen LogP contribution in [0, 0.1) is 12.8 Å². The number of amidine groups is 1. The Morgan fingerprint density at radius 3 is 2.00 bits per heavy atom. The smallest absolute Gasteiger partial charge is 0.437 e. The minimum Gasteiger partial charge on any atom is -0.458 e. The maximum absolute atomic E-state index is 12.4. The molecular formula is C42H68N5O9-. The van der Waals surface area contributed by atoms with E-state index < -0.39 is 23.3 Å². The summed E-state index contributed by atoms with van der Waals surface area (Å²) in [5.41, 5.74) is -0.259. The van der Waals surface area contributed by atoms with Gasteiger partial charge in [-0.05, 0) is 85.1 Å². The highest BCUT2D eigenvalue weighted by atomic mass is 16.6. The predicted octanol–water partition coefficient (Wildman–Crippen LogP) is 6.94. The van der Waals surface area contributed by atoms with Crippen LogP contribution < -0.4 is 5.32 Å². The molecular weight excluding hydrogens is 718 g/mol. The lowest BCUT2D eigenvalue weighted by Crippen LogP contribution is -2.45. The van der Waals surface area contributed by atoms with E-state index in [1.165, 1.54) is 9.80 Å². The molecule has 14 nitrogen and oxygen atoms in total. The Morgan fingerprint density at radius 1 is 0.839 bits per heavy atom. The van der Waals surface area contributed by atoms with Gasteiger partial charge >= 0.3 is 18.0 Å². The van der Waals surface area contributed by atoms with Crippen LogP contribution in [0.2, 0.25) is 0 Å². The number of likely N-dealkylation sites (N-methyl/N-ethyl adjacent to an activating group) is 2. The van der Waals surface area contributed by atoms with Crippen molar-refractivity contribution in [3.05, 3.63) is 55.5 Å². The molecule has 1 aromatic rings. The number of cyclic esters (lactones) is 2. The van der Waals surface area contributed by atoms with Crippen LogP contribution in [0.15, 0.2) is 47.5 Å². The lowest BCUT2D eigenvalue weighted by molar-refractivity contribution is -0.158. The van der Waals surface area contributed by atoms with Crippen LogP contribution in [0.3, 0.4) is 0 Å². The number of ether oxygens (including phenoxy) is 3. The van der Waals surface area contributed by atoms with Gasteiger partial charge in [-0.2, -0.15) is 0 Å². The van der Waals surface area contributed by atoms with Gasteiger partial charge in [0.05, 0.1) is 6.42 Å². The van der Waals surface area contributed by atoms with Gasteiger partial charge < -0.3 is 36.5 Å². The molecule has 0 unspecified atom stereocenters. The monoisotopic (exact) mass is 787 g/mol. The molecule has 0 spiro atoms. The summed E-state index contributed by atoms with van der Waals surface area (Å²) in [6, 6.07) is 9.19. The zero-order valence-electron chi connectivity index (χ0n) is 35.1. The summed E-state index contributed by atoms with van der Waals surface area (Å²) >= 11 is 0. The highest BCUT2D eigenvalue weighted by molar-refractivity contribution is 6.02. The number of carbonyl (C=O) groups excluding carboxylic acids is 5. The molecule has 56 heavy (non-hydrogen) atoms.